The summed E-state index contributed by atoms with van der Waals surface area (Å²) in [4.78, 5) is 30.2. The van der Waals surface area contributed by atoms with Gasteiger partial charge in [0.25, 0.3) is 0 Å². The van der Waals surface area contributed by atoms with E-state index in [2.05, 4.69) is 33.9 Å². The van der Waals surface area contributed by atoms with E-state index < -0.39 is 8.32 Å². The van der Waals surface area contributed by atoms with Gasteiger partial charge in [-0.05, 0) is 29.3 Å². The zero-order valence-electron chi connectivity index (χ0n) is 21.4. The summed E-state index contributed by atoms with van der Waals surface area (Å²) >= 11 is 0. The molecular formula is C28H40N2O3Si. The molecule has 1 fully saturated rings. The molecule has 3 rings (SSSR count). The van der Waals surface area contributed by atoms with E-state index >= 15 is 0 Å². The van der Waals surface area contributed by atoms with E-state index in [9.17, 15) is 9.59 Å². The van der Waals surface area contributed by atoms with Gasteiger partial charge in [0.2, 0.25) is 11.8 Å². The second-order valence-corrected chi connectivity index (χ2v) is 15.8. The highest BCUT2D eigenvalue weighted by molar-refractivity contribution is 6.74. The summed E-state index contributed by atoms with van der Waals surface area (Å²) in [7, 11) is -1.93. The fourth-order valence-electron chi connectivity index (χ4n) is 3.97. The van der Waals surface area contributed by atoms with Gasteiger partial charge in [-0.2, -0.15) is 0 Å². The normalized spacial score (nSPS) is 15.8. The molecule has 6 heteroatoms. The highest BCUT2D eigenvalue weighted by Gasteiger charge is 2.38. The lowest BCUT2D eigenvalue weighted by molar-refractivity contribution is -0.132. The van der Waals surface area contributed by atoms with Crippen LogP contribution in [0.1, 0.15) is 31.9 Å². The predicted molar refractivity (Wildman–Crippen MR) is 140 cm³/mol. The van der Waals surface area contributed by atoms with E-state index in [1.807, 2.05) is 70.5 Å². The molecule has 0 spiro atoms. The first-order chi connectivity index (χ1) is 16.0. The van der Waals surface area contributed by atoms with Gasteiger partial charge in [0.05, 0.1) is 12.8 Å². The average molecular weight is 481 g/mol. The Bertz CT molecular complexity index is 878. The Labute approximate surface area is 206 Å². The monoisotopic (exact) mass is 480 g/mol. The van der Waals surface area contributed by atoms with Crippen molar-refractivity contribution in [1.29, 1.82) is 0 Å². The topological polar surface area (TPSA) is 49.9 Å². The Morgan fingerprint density at radius 3 is 1.62 bits per heavy atom. The second-order valence-electron chi connectivity index (χ2n) is 10.9. The quantitative estimate of drug-likeness (QED) is 0.536. The largest absolute Gasteiger partial charge is 0.416 e. The van der Waals surface area contributed by atoms with Gasteiger partial charge >= 0.3 is 0 Å². The first-order valence-corrected chi connectivity index (χ1v) is 15.2. The predicted octanol–water partition coefficient (Wildman–Crippen LogP) is 4.78. The van der Waals surface area contributed by atoms with Crippen molar-refractivity contribution in [3.8, 4) is 0 Å². The summed E-state index contributed by atoms with van der Waals surface area (Å²) in [6.07, 6.45) is 0.767. The third-order valence-electron chi connectivity index (χ3n) is 7.18. The first kappa shape index (κ1) is 26.2. The molecule has 0 unspecified atom stereocenters. The lowest BCUT2D eigenvalue weighted by Crippen LogP contribution is -2.44. The molecule has 0 radical (unpaired) electrons. The third-order valence-corrected chi connectivity index (χ3v) is 11.7. The van der Waals surface area contributed by atoms with Gasteiger partial charge in [-0.15, -0.1) is 0 Å². The van der Waals surface area contributed by atoms with Crippen molar-refractivity contribution in [3.05, 3.63) is 71.8 Å². The van der Waals surface area contributed by atoms with Crippen LogP contribution in [0.3, 0.4) is 0 Å². The van der Waals surface area contributed by atoms with Gasteiger partial charge in [-0.3, -0.25) is 9.59 Å². The van der Waals surface area contributed by atoms with Gasteiger partial charge in [-0.25, -0.2) is 0 Å². The van der Waals surface area contributed by atoms with Gasteiger partial charge < -0.3 is 14.2 Å². The van der Waals surface area contributed by atoms with Crippen molar-refractivity contribution in [3.63, 3.8) is 0 Å². The molecule has 0 bridgehead atoms. The van der Waals surface area contributed by atoms with Gasteiger partial charge in [0.15, 0.2) is 8.32 Å². The van der Waals surface area contributed by atoms with E-state index in [-0.39, 0.29) is 22.8 Å². The van der Waals surface area contributed by atoms with E-state index in [1.54, 1.807) is 0 Å². The highest BCUT2D eigenvalue weighted by Crippen LogP contribution is 2.37. The molecule has 1 aliphatic heterocycles. The molecular weight excluding hydrogens is 440 g/mol. The minimum atomic E-state index is -1.93. The lowest BCUT2D eigenvalue weighted by atomic mass is 10.1. The number of benzene rings is 2. The third kappa shape index (κ3) is 7.28. The average Bonchev–Trinajstić information content (AvgIpc) is 3.01. The molecule has 0 N–H and O–H groups in total. The maximum Gasteiger partial charge on any atom is 0.227 e. The van der Waals surface area contributed by atoms with Crippen LogP contribution in [0.4, 0.5) is 0 Å². The van der Waals surface area contributed by atoms with E-state index in [4.69, 9.17) is 4.43 Å². The van der Waals surface area contributed by atoms with Crippen LogP contribution in [0.2, 0.25) is 18.1 Å². The van der Waals surface area contributed by atoms with Gasteiger partial charge in [0, 0.05) is 38.7 Å². The molecule has 2 aromatic carbocycles. The number of hydrogen-bond acceptors (Lipinski definition) is 3. The second kappa shape index (κ2) is 11.3. The van der Waals surface area contributed by atoms with E-state index in [1.165, 1.54) is 0 Å². The van der Waals surface area contributed by atoms with E-state index in [0.29, 0.717) is 45.6 Å². The Hall–Kier alpha value is -2.44. The van der Waals surface area contributed by atoms with Crippen molar-refractivity contribution < 1.29 is 14.0 Å². The number of nitrogens with zero attached hydrogens (tertiary/aromatic N) is 2. The SMILES string of the molecule is CC(C)(C)[Si](C)(C)OCC1CN(C(=O)Cc2ccccc2)CCN(C(=O)Cc2ccccc2)C1. The standard InChI is InChI=1S/C28H40N2O3Si/c1-28(2,3)34(4,5)33-22-25-20-29(26(31)18-23-12-8-6-9-13-23)16-17-30(21-25)27(32)19-24-14-10-7-11-15-24/h6-15,25H,16-22H2,1-5H3. The molecule has 0 aromatic heterocycles. The smallest absolute Gasteiger partial charge is 0.227 e. The van der Waals surface area contributed by atoms with Gasteiger partial charge in [0.1, 0.15) is 0 Å². The van der Waals surface area contributed by atoms with Crippen LogP contribution in [0.15, 0.2) is 60.7 Å². The van der Waals surface area contributed by atoms with E-state index in [0.717, 1.165) is 11.1 Å². The molecule has 2 amide bonds. The zero-order valence-corrected chi connectivity index (χ0v) is 22.4. The summed E-state index contributed by atoms with van der Waals surface area (Å²) < 4.78 is 6.54. The molecule has 34 heavy (non-hydrogen) atoms. The maximum absolute atomic E-state index is 13.2. The van der Waals surface area contributed by atoms with Crippen molar-refractivity contribution >= 4 is 20.1 Å². The van der Waals surface area contributed by atoms with Crippen LogP contribution in [0.25, 0.3) is 0 Å². The van der Waals surface area contributed by atoms with Crippen molar-refractivity contribution in [2.45, 2.75) is 51.7 Å². The first-order valence-electron chi connectivity index (χ1n) is 12.3. The Morgan fingerprint density at radius 2 is 1.24 bits per heavy atom. The zero-order chi connectivity index (χ0) is 24.8. The van der Waals surface area contributed by atoms with Crippen molar-refractivity contribution in [1.82, 2.24) is 9.80 Å². The minimum Gasteiger partial charge on any atom is -0.416 e. The number of hydrogen-bond donors (Lipinski definition) is 0. The van der Waals surface area contributed by atoms with Crippen molar-refractivity contribution in [2.24, 2.45) is 5.92 Å². The number of carbonyl (C=O) groups excluding carboxylic acids is 2. The summed E-state index contributed by atoms with van der Waals surface area (Å²) in [6, 6.07) is 19.7. The molecule has 0 atom stereocenters. The van der Waals surface area contributed by atoms with Crippen LogP contribution < -0.4 is 0 Å². The molecule has 0 saturated carbocycles. The fourth-order valence-corrected chi connectivity index (χ4v) is 5.06. The Kier molecular flexibility index (Phi) is 8.71. The molecule has 2 aromatic rings. The molecule has 1 saturated heterocycles. The van der Waals surface area contributed by atoms with Crippen LogP contribution in [-0.4, -0.2) is 62.7 Å². The highest BCUT2D eigenvalue weighted by atomic mass is 28.4. The molecule has 1 heterocycles. The summed E-state index contributed by atoms with van der Waals surface area (Å²) in [5.74, 6) is 0.317. The molecule has 5 nitrogen and oxygen atoms in total. The summed E-state index contributed by atoms with van der Waals surface area (Å²) in [6.45, 7) is 14.1. The molecule has 184 valence electrons. The van der Waals surface area contributed by atoms with Gasteiger partial charge in [-0.1, -0.05) is 81.4 Å². The van der Waals surface area contributed by atoms with Crippen molar-refractivity contribution in [2.75, 3.05) is 32.8 Å². The minimum absolute atomic E-state index is 0.0936. The Balaban J connectivity index is 1.72. The number of carbonyl (C=O) groups is 2. The Morgan fingerprint density at radius 1 is 0.824 bits per heavy atom. The number of rotatable bonds is 7. The van der Waals surface area contributed by atoms with Crippen LogP contribution in [0, 0.1) is 5.92 Å². The van der Waals surface area contributed by atoms with Crippen LogP contribution in [0.5, 0.6) is 0 Å². The van der Waals surface area contributed by atoms with Crippen LogP contribution in [-0.2, 0) is 26.9 Å². The maximum atomic E-state index is 13.2. The molecule has 0 aliphatic carbocycles. The number of amides is 2. The van der Waals surface area contributed by atoms with Crippen LogP contribution >= 0.6 is 0 Å². The summed E-state index contributed by atoms with van der Waals surface area (Å²) in [5, 5.41) is 0.114. The molecule has 1 aliphatic rings. The summed E-state index contributed by atoms with van der Waals surface area (Å²) in [5.41, 5.74) is 2.03. The lowest BCUT2D eigenvalue weighted by Gasteiger charge is -2.38. The fraction of sp³-hybridized carbons (Fsp3) is 0.500.